The number of H-pyrrole nitrogens is 1. The Morgan fingerprint density at radius 1 is 1.24 bits per heavy atom. The fourth-order valence-electron chi connectivity index (χ4n) is 2.03. The van der Waals surface area contributed by atoms with Crippen molar-refractivity contribution in [3.8, 4) is 0 Å². The second-order valence-corrected chi connectivity index (χ2v) is 5.57. The van der Waals surface area contributed by atoms with Crippen LogP contribution >= 0.6 is 11.3 Å². The van der Waals surface area contributed by atoms with Crippen LogP contribution in [0.1, 0.15) is 22.5 Å². The first-order valence-electron chi connectivity index (χ1n) is 6.52. The molecular weight excluding hydrogens is 286 g/mol. The number of nitrogens with one attached hydrogen (secondary N) is 2. The third-order valence-corrected chi connectivity index (χ3v) is 4.01. The summed E-state index contributed by atoms with van der Waals surface area (Å²) in [5, 5.41) is 12.4. The van der Waals surface area contributed by atoms with Crippen LogP contribution in [0.4, 0.5) is 5.69 Å². The van der Waals surface area contributed by atoms with E-state index < -0.39 is 0 Å². The van der Waals surface area contributed by atoms with Gasteiger partial charge in [-0.15, -0.1) is 11.3 Å². The molecule has 1 amide bonds. The molecule has 0 bridgehead atoms. The number of nitrogens with zero attached hydrogens (tertiary/aromatic N) is 1. The predicted molar refractivity (Wildman–Crippen MR) is 82.6 cm³/mol. The van der Waals surface area contributed by atoms with Crippen molar-refractivity contribution in [2.45, 2.75) is 12.8 Å². The summed E-state index contributed by atoms with van der Waals surface area (Å²) in [7, 11) is 0. The second-order valence-electron chi connectivity index (χ2n) is 4.62. The quantitative estimate of drug-likeness (QED) is 0.710. The standard InChI is InChI=1S/C15H13N3O2S/c19-13(14-2-1-7-21-14)5-6-15(20)17-11-3-4-12-10(8-11)9-16-18-12/h1-4,7-9H,5-6H2,(H,16,18)(H,17,20). The van der Waals surface area contributed by atoms with E-state index in [0.717, 1.165) is 10.9 Å². The lowest BCUT2D eigenvalue weighted by Gasteiger charge is -2.04. The Kier molecular flexibility index (Phi) is 3.79. The molecule has 0 aliphatic carbocycles. The van der Waals surface area contributed by atoms with Gasteiger partial charge in [0.05, 0.1) is 16.6 Å². The predicted octanol–water partition coefficient (Wildman–Crippen LogP) is 3.23. The van der Waals surface area contributed by atoms with Crippen LogP contribution < -0.4 is 5.32 Å². The SMILES string of the molecule is O=C(CCC(=O)c1cccs1)Nc1ccc2[nH]ncc2c1. The van der Waals surface area contributed by atoms with Crippen LogP contribution in [0.15, 0.2) is 41.9 Å². The maximum Gasteiger partial charge on any atom is 0.224 e. The first-order chi connectivity index (χ1) is 10.2. The van der Waals surface area contributed by atoms with Crippen molar-refractivity contribution in [2.75, 3.05) is 5.32 Å². The van der Waals surface area contributed by atoms with E-state index in [2.05, 4.69) is 15.5 Å². The van der Waals surface area contributed by atoms with Gasteiger partial charge in [-0.1, -0.05) is 6.07 Å². The number of carbonyl (C=O) groups excluding carboxylic acids is 2. The highest BCUT2D eigenvalue weighted by Gasteiger charge is 2.10. The molecule has 6 heteroatoms. The van der Waals surface area contributed by atoms with Crippen molar-refractivity contribution in [1.82, 2.24) is 10.2 Å². The number of hydrogen-bond donors (Lipinski definition) is 2. The summed E-state index contributed by atoms with van der Waals surface area (Å²) >= 11 is 1.40. The Morgan fingerprint density at radius 2 is 2.14 bits per heavy atom. The lowest BCUT2D eigenvalue weighted by molar-refractivity contribution is -0.116. The molecule has 0 saturated heterocycles. The average molecular weight is 299 g/mol. The molecule has 3 rings (SSSR count). The van der Waals surface area contributed by atoms with E-state index in [-0.39, 0.29) is 24.5 Å². The highest BCUT2D eigenvalue weighted by molar-refractivity contribution is 7.12. The number of ketones is 1. The van der Waals surface area contributed by atoms with Crippen LogP contribution in [-0.4, -0.2) is 21.9 Å². The van der Waals surface area contributed by atoms with Gasteiger partial charge in [0.2, 0.25) is 5.91 Å². The minimum atomic E-state index is -0.164. The van der Waals surface area contributed by atoms with Gasteiger partial charge in [-0.2, -0.15) is 5.10 Å². The molecule has 0 aliphatic rings. The summed E-state index contributed by atoms with van der Waals surface area (Å²) < 4.78 is 0. The lowest BCUT2D eigenvalue weighted by atomic mass is 10.2. The second kappa shape index (κ2) is 5.88. The van der Waals surface area contributed by atoms with Gasteiger partial charge in [0, 0.05) is 23.9 Å². The molecule has 0 atom stereocenters. The Morgan fingerprint density at radius 3 is 2.95 bits per heavy atom. The number of fused-ring (bicyclic) bond motifs is 1. The minimum Gasteiger partial charge on any atom is -0.326 e. The van der Waals surface area contributed by atoms with E-state index >= 15 is 0 Å². The van der Waals surface area contributed by atoms with Crippen molar-refractivity contribution >= 4 is 39.6 Å². The summed E-state index contributed by atoms with van der Waals surface area (Å²) in [4.78, 5) is 24.4. The Bertz CT molecular complexity index is 777. The van der Waals surface area contributed by atoms with Crippen molar-refractivity contribution in [3.05, 3.63) is 46.8 Å². The maximum absolute atomic E-state index is 11.9. The number of Topliss-reactive ketones (excluding diaryl/α,β-unsaturated/α-hetero) is 1. The maximum atomic E-state index is 11.9. The first-order valence-corrected chi connectivity index (χ1v) is 7.40. The fourth-order valence-corrected chi connectivity index (χ4v) is 2.73. The molecule has 0 spiro atoms. The number of thiophene rings is 1. The van der Waals surface area contributed by atoms with Gasteiger partial charge >= 0.3 is 0 Å². The van der Waals surface area contributed by atoms with Gasteiger partial charge in [0.25, 0.3) is 0 Å². The molecular formula is C15H13N3O2S. The molecule has 0 aliphatic heterocycles. The molecule has 2 heterocycles. The number of carbonyl (C=O) groups is 2. The van der Waals surface area contributed by atoms with Gasteiger partial charge in [-0.05, 0) is 29.6 Å². The van der Waals surface area contributed by atoms with Gasteiger partial charge in [-0.25, -0.2) is 0 Å². The monoisotopic (exact) mass is 299 g/mol. The van der Waals surface area contributed by atoms with Gasteiger partial charge in [0.1, 0.15) is 0 Å². The summed E-state index contributed by atoms with van der Waals surface area (Å²) in [6.45, 7) is 0. The zero-order valence-corrected chi connectivity index (χ0v) is 11.9. The largest absolute Gasteiger partial charge is 0.326 e. The first kappa shape index (κ1) is 13.5. The number of anilines is 1. The minimum absolute atomic E-state index is 0.00503. The Hall–Kier alpha value is -2.47. The van der Waals surface area contributed by atoms with Crippen molar-refractivity contribution in [1.29, 1.82) is 0 Å². The zero-order chi connectivity index (χ0) is 14.7. The summed E-state index contributed by atoms with van der Waals surface area (Å²) in [6, 6.07) is 9.11. The number of rotatable bonds is 5. The molecule has 0 unspecified atom stereocenters. The Balaban J connectivity index is 1.57. The van der Waals surface area contributed by atoms with Crippen molar-refractivity contribution < 1.29 is 9.59 Å². The summed E-state index contributed by atoms with van der Waals surface area (Å²) in [5.74, 6) is -0.159. The topological polar surface area (TPSA) is 74.8 Å². The molecule has 2 N–H and O–H groups in total. The van der Waals surface area contributed by atoms with Crippen LogP contribution in [0.2, 0.25) is 0 Å². The molecule has 2 aromatic heterocycles. The van der Waals surface area contributed by atoms with Crippen LogP contribution in [0.25, 0.3) is 10.9 Å². The van der Waals surface area contributed by atoms with E-state index in [9.17, 15) is 9.59 Å². The molecule has 1 aromatic carbocycles. The van der Waals surface area contributed by atoms with E-state index in [1.165, 1.54) is 11.3 Å². The molecule has 0 saturated carbocycles. The zero-order valence-electron chi connectivity index (χ0n) is 11.1. The number of aromatic nitrogens is 2. The molecule has 106 valence electrons. The van der Waals surface area contributed by atoms with E-state index in [1.54, 1.807) is 18.3 Å². The number of hydrogen-bond acceptors (Lipinski definition) is 4. The number of aromatic amines is 1. The van der Waals surface area contributed by atoms with Gasteiger partial charge in [-0.3, -0.25) is 14.7 Å². The van der Waals surface area contributed by atoms with Crippen molar-refractivity contribution in [3.63, 3.8) is 0 Å². The third-order valence-electron chi connectivity index (χ3n) is 3.10. The van der Waals surface area contributed by atoms with Crippen molar-refractivity contribution in [2.24, 2.45) is 0 Å². The molecule has 0 radical (unpaired) electrons. The summed E-state index contributed by atoms with van der Waals surface area (Å²) in [5.41, 5.74) is 1.62. The third kappa shape index (κ3) is 3.17. The molecule has 3 aromatic rings. The normalized spacial score (nSPS) is 10.7. The highest BCUT2D eigenvalue weighted by atomic mass is 32.1. The van der Waals surface area contributed by atoms with Crippen LogP contribution in [0, 0.1) is 0 Å². The molecule has 5 nitrogen and oxygen atoms in total. The van der Waals surface area contributed by atoms with Gasteiger partial charge < -0.3 is 5.32 Å². The Labute approximate surface area is 125 Å². The van der Waals surface area contributed by atoms with Crippen LogP contribution in [0.3, 0.4) is 0 Å². The molecule has 0 fully saturated rings. The number of benzene rings is 1. The van der Waals surface area contributed by atoms with Crippen LogP contribution in [0.5, 0.6) is 0 Å². The van der Waals surface area contributed by atoms with Crippen LogP contribution in [-0.2, 0) is 4.79 Å². The van der Waals surface area contributed by atoms with Gasteiger partial charge in [0.15, 0.2) is 5.78 Å². The fraction of sp³-hybridized carbons (Fsp3) is 0.133. The lowest BCUT2D eigenvalue weighted by Crippen LogP contribution is -2.13. The van der Waals surface area contributed by atoms with E-state index in [1.807, 2.05) is 23.6 Å². The van der Waals surface area contributed by atoms with E-state index in [0.29, 0.717) is 10.6 Å². The number of amides is 1. The van der Waals surface area contributed by atoms with E-state index in [4.69, 9.17) is 0 Å². The molecule has 21 heavy (non-hydrogen) atoms. The average Bonchev–Trinajstić information content (AvgIpc) is 3.15. The summed E-state index contributed by atoms with van der Waals surface area (Å²) in [6.07, 6.45) is 2.10. The highest BCUT2D eigenvalue weighted by Crippen LogP contribution is 2.17. The smallest absolute Gasteiger partial charge is 0.224 e.